The van der Waals surface area contributed by atoms with Gasteiger partial charge in [0, 0.05) is 42.1 Å². The number of hydrogen-bond acceptors (Lipinski definition) is 5. The zero-order valence-corrected chi connectivity index (χ0v) is 21.3. The number of nitrogens with one attached hydrogen (secondary N) is 2. The molecule has 2 aliphatic heterocycles. The van der Waals surface area contributed by atoms with Gasteiger partial charge in [0.1, 0.15) is 17.0 Å². The second-order valence-electron chi connectivity index (χ2n) is 9.89. The second kappa shape index (κ2) is 10.4. The Bertz CT molecular complexity index is 1290. The predicted molar refractivity (Wildman–Crippen MR) is 136 cm³/mol. The van der Waals surface area contributed by atoms with Crippen molar-refractivity contribution in [2.24, 2.45) is 0 Å². The fraction of sp³-hybridized carbons (Fsp3) is 0.407. The predicted octanol–water partition coefficient (Wildman–Crippen LogP) is 4.55. The molecule has 10 heteroatoms. The number of nitrogens with zero attached hydrogens (tertiary/aromatic N) is 2. The molecular formula is C27H32F2N4O4. The zero-order chi connectivity index (χ0) is 26.9. The normalized spacial score (nSPS) is 18.8. The van der Waals surface area contributed by atoms with Crippen molar-refractivity contribution in [3.63, 3.8) is 0 Å². The van der Waals surface area contributed by atoms with E-state index in [1.54, 1.807) is 36.1 Å². The fourth-order valence-corrected chi connectivity index (χ4v) is 4.85. The van der Waals surface area contributed by atoms with Crippen LogP contribution in [-0.4, -0.2) is 63.1 Å². The molecule has 3 N–H and O–H groups in total. The minimum absolute atomic E-state index is 0.0668. The number of rotatable bonds is 6. The number of benzene rings is 2. The maximum absolute atomic E-state index is 13.1. The SMILES string of the molecule is CC(C)NCCN1C(=O)N2Cc3[nH]c4ccc(OC(F)F)cc4c3C[C@@]2(C)C1=O.Cc1cccc(O)c1. The number of aromatic hydroxyl groups is 1. The molecule has 198 valence electrons. The van der Waals surface area contributed by atoms with Gasteiger partial charge in [-0.25, -0.2) is 4.79 Å². The maximum atomic E-state index is 13.1. The summed E-state index contributed by atoms with van der Waals surface area (Å²) in [5.74, 6) is 0.176. The fourth-order valence-electron chi connectivity index (χ4n) is 4.85. The summed E-state index contributed by atoms with van der Waals surface area (Å²) in [7, 11) is 0. The molecule has 0 bridgehead atoms. The van der Waals surface area contributed by atoms with Crippen LogP contribution < -0.4 is 10.1 Å². The average Bonchev–Trinajstić information content (AvgIpc) is 3.24. The van der Waals surface area contributed by atoms with Crippen LogP contribution in [0.2, 0.25) is 0 Å². The quantitative estimate of drug-likeness (QED) is 0.420. The van der Waals surface area contributed by atoms with Crippen molar-refractivity contribution in [3.05, 3.63) is 59.3 Å². The topological polar surface area (TPSA) is 97.9 Å². The molecule has 1 aromatic heterocycles. The number of phenols is 1. The molecule has 3 heterocycles. The Labute approximate surface area is 214 Å². The molecule has 3 amide bonds. The van der Waals surface area contributed by atoms with E-state index in [2.05, 4.69) is 15.0 Å². The number of urea groups is 1. The average molecular weight is 515 g/mol. The molecule has 0 saturated carbocycles. The maximum Gasteiger partial charge on any atom is 0.387 e. The van der Waals surface area contributed by atoms with Gasteiger partial charge in [-0.3, -0.25) is 9.69 Å². The Morgan fingerprint density at radius 1 is 1.19 bits per heavy atom. The van der Waals surface area contributed by atoms with E-state index in [9.17, 15) is 18.4 Å². The highest BCUT2D eigenvalue weighted by atomic mass is 19.3. The second-order valence-corrected chi connectivity index (χ2v) is 9.89. The Balaban J connectivity index is 0.000000342. The van der Waals surface area contributed by atoms with Crippen molar-refractivity contribution in [1.29, 1.82) is 0 Å². The number of aromatic amines is 1. The Morgan fingerprint density at radius 2 is 1.95 bits per heavy atom. The lowest BCUT2D eigenvalue weighted by Gasteiger charge is -2.35. The molecule has 37 heavy (non-hydrogen) atoms. The number of carbonyl (C=O) groups is 2. The van der Waals surface area contributed by atoms with Crippen LogP contribution >= 0.6 is 0 Å². The van der Waals surface area contributed by atoms with Crippen LogP contribution in [0.25, 0.3) is 10.9 Å². The number of aryl methyl sites for hydroxylation is 1. The summed E-state index contributed by atoms with van der Waals surface area (Å²) in [5, 5.41) is 12.8. The number of carbonyl (C=O) groups excluding carboxylic acids is 2. The summed E-state index contributed by atoms with van der Waals surface area (Å²) in [6.07, 6.45) is 0.319. The number of alkyl halides is 2. The minimum atomic E-state index is -2.91. The van der Waals surface area contributed by atoms with E-state index in [0.29, 0.717) is 25.3 Å². The molecule has 0 unspecified atom stereocenters. The van der Waals surface area contributed by atoms with Crippen LogP contribution in [-0.2, 0) is 17.8 Å². The lowest BCUT2D eigenvalue weighted by Crippen LogP contribution is -2.51. The van der Waals surface area contributed by atoms with Crippen molar-refractivity contribution in [1.82, 2.24) is 20.1 Å². The number of fused-ring (bicyclic) bond motifs is 4. The molecule has 0 aliphatic carbocycles. The van der Waals surface area contributed by atoms with Gasteiger partial charge >= 0.3 is 12.6 Å². The number of H-pyrrole nitrogens is 1. The number of halogens is 2. The number of ether oxygens (including phenoxy) is 1. The summed E-state index contributed by atoms with van der Waals surface area (Å²) in [6.45, 7) is 5.92. The summed E-state index contributed by atoms with van der Waals surface area (Å²) in [6, 6.07) is 11.8. The highest BCUT2D eigenvalue weighted by Gasteiger charge is 2.56. The molecule has 3 aromatic rings. The first-order chi connectivity index (χ1) is 17.5. The van der Waals surface area contributed by atoms with E-state index in [-0.39, 0.29) is 30.3 Å². The first-order valence-corrected chi connectivity index (χ1v) is 12.2. The third kappa shape index (κ3) is 5.39. The van der Waals surface area contributed by atoms with Crippen LogP contribution in [0.1, 0.15) is 37.6 Å². The number of imide groups is 1. The van der Waals surface area contributed by atoms with Gasteiger partial charge in [-0.15, -0.1) is 0 Å². The number of hydrogen-bond donors (Lipinski definition) is 3. The van der Waals surface area contributed by atoms with Crippen molar-refractivity contribution >= 4 is 22.8 Å². The van der Waals surface area contributed by atoms with Gasteiger partial charge in [0.25, 0.3) is 5.91 Å². The molecular weight excluding hydrogens is 482 g/mol. The van der Waals surface area contributed by atoms with Crippen LogP contribution in [0.3, 0.4) is 0 Å². The Kier molecular flexibility index (Phi) is 7.40. The lowest BCUT2D eigenvalue weighted by atomic mass is 9.86. The molecule has 2 aromatic carbocycles. The summed E-state index contributed by atoms with van der Waals surface area (Å²) in [5.41, 5.74) is 2.54. The first-order valence-electron chi connectivity index (χ1n) is 12.2. The van der Waals surface area contributed by atoms with Crippen molar-refractivity contribution in [3.8, 4) is 11.5 Å². The first kappa shape index (κ1) is 26.4. The van der Waals surface area contributed by atoms with Gasteiger partial charge in [0.2, 0.25) is 0 Å². The van der Waals surface area contributed by atoms with Gasteiger partial charge in [0.15, 0.2) is 0 Å². The van der Waals surface area contributed by atoms with E-state index >= 15 is 0 Å². The molecule has 8 nitrogen and oxygen atoms in total. The van der Waals surface area contributed by atoms with E-state index in [0.717, 1.165) is 27.7 Å². The zero-order valence-electron chi connectivity index (χ0n) is 21.3. The minimum Gasteiger partial charge on any atom is -0.508 e. The highest BCUT2D eigenvalue weighted by molar-refractivity contribution is 6.07. The van der Waals surface area contributed by atoms with Crippen molar-refractivity contribution in [2.75, 3.05) is 13.1 Å². The van der Waals surface area contributed by atoms with Crippen LogP contribution in [0.5, 0.6) is 11.5 Å². The molecule has 5 rings (SSSR count). The standard InChI is InChI=1S/C20H24F2N4O3.C7H8O/c1-11(2)23-6-7-25-17(27)20(3)9-14-13-8-12(29-18(21)22)4-5-15(13)24-16(14)10-26(20)19(25)28;1-6-3-2-4-7(8)5-6/h4-5,8,11,18,23-24H,6-7,9-10H2,1-3H3;2-5,8H,1H3/t20-;/m0./s1. The number of amides is 3. The number of phenolic OH excluding ortho intramolecular Hbond substituents is 1. The van der Waals surface area contributed by atoms with Crippen molar-refractivity contribution in [2.45, 2.75) is 58.9 Å². The van der Waals surface area contributed by atoms with Crippen LogP contribution in [0, 0.1) is 6.92 Å². The van der Waals surface area contributed by atoms with Crippen molar-refractivity contribution < 1.29 is 28.2 Å². The van der Waals surface area contributed by atoms with Gasteiger partial charge in [-0.05, 0) is 55.3 Å². The largest absolute Gasteiger partial charge is 0.508 e. The highest BCUT2D eigenvalue weighted by Crippen LogP contribution is 2.41. The van der Waals surface area contributed by atoms with Crippen LogP contribution in [0.15, 0.2) is 42.5 Å². The third-order valence-corrected chi connectivity index (χ3v) is 6.68. The van der Waals surface area contributed by atoms with Gasteiger partial charge in [-0.1, -0.05) is 26.0 Å². The van der Waals surface area contributed by atoms with E-state index in [1.807, 2.05) is 32.9 Å². The van der Waals surface area contributed by atoms with E-state index < -0.39 is 12.2 Å². The third-order valence-electron chi connectivity index (χ3n) is 6.68. The molecule has 1 atom stereocenters. The number of aromatic nitrogens is 1. The molecule has 2 aliphatic rings. The summed E-state index contributed by atoms with van der Waals surface area (Å²) in [4.78, 5) is 32.2. The van der Waals surface area contributed by atoms with Gasteiger partial charge < -0.3 is 25.0 Å². The lowest BCUT2D eigenvalue weighted by molar-refractivity contribution is -0.132. The monoisotopic (exact) mass is 514 g/mol. The smallest absolute Gasteiger partial charge is 0.387 e. The van der Waals surface area contributed by atoms with E-state index in [1.165, 1.54) is 11.0 Å². The molecule has 0 spiro atoms. The van der Waals surface area contributed by atoms with Crippen LogP contribution in [0.4, 0.5) is 13.6 Å². The Morgan fingerprint density at radius 3 is 2.57 bits per heavy atom. The molecule has 1 saturated heterocycles. The summed E-state index contributed by atoms with van der Waals surface area (Å²) < 4.78 is 29.7. The van der Waals surface area contributed by atoms with E-state index in [4.69, 9.17) is 5.11 Å². The van der Waals surface area contributed by atoms with Gasteiger partial charge in [-0.2, -0.15) is 8.78 Å². The molecule has 0 radical (unpaired) electrons. The van der Waals surface area contributed by atoms with Gasteiger partial charge in [0.05, 0.1) is 6.54 Å². The Hall–Kier alpha value is -3.66. The summed E-state index contributed by atoms with van der Waals surface area (Å²) >= 11 is 0. The molecule has 1 fully saturated rings.